The first-order chi connectivity index (χ1) is 12.7. The number of amides is 2. The molecule has 1 saturated heterocycles. The molecule has 1 aliphatic heterocycles. The van der Waals surface area contributed by atoms with Crippen molar-refractivity contribution in [3.05, 3.63) is 48.0 Å². The standard InChI is InChI=1S/C19H22N2O4S/c1-23-15-6-4-5-14(12-15)20-19(22)21-9-10-26-18(21)13-7-8-16(24-2)17(11-13)25-3/h4-8,11-12,18H,9-10H2,1-3H3,(H,20,22)/t18-/m1/s1. The molecule has 2 aromatic rings. The van der Waals surface area contributed by atoms with Crippen molar-refractivity contribution in [2.24, 2.45) is 0 Å². The van der Waals surface area contributed by atoms with Crippen LogP contribution in [0.2, 0.25) is 0 Å². The molecule has 1 heterocycles. The van der Waals surface area contributed by atoms with Crippen LogP contribution < -0.4 is 19.5 Å². The van der Waals surface area contributed by atoms with E-state index in [9.17, 15) is 4.79 Å². The van der Waals surface area contributed by atoms with Gasteiger partial charge in [-0.05, 0) is 29.8 Å². The Bertz CT molecular complexity index is 784. The van der Waals surface area contributed by atoms with E-state index in [0.717, 1.165) is 11.3 Å². The lowest BCUT2D eigenvalue weighted by Crippen LogP contribution is -2.34. The number of anilines is 1. The van der Waals surface area contributed by atoms with Gasteiger partial charge < -0.3 is 24.4 Å². The fourth-order valence-corrected chi connectivity index (χ4v) is 4.10. The molecule has 1 aliphatic rings. The Morgan fingerprint density at radius 2 is 1.88 bits per heavy atom. The van der Waals surface area contributed by atoms with Crippen LogP contribution in [0.4, 0.5) is 10.5 Å². The third-order valence-corrected chi connectivity index (χ3v) is 5.43. The van der Waals surface area contributed by atoms with Crippen LogP contribution in [-0.2, 0) is 0 Å². The number of thioether (sulfide) groups is 1. The van der Waals surface area contributed by atoms with Crippen molar-refractivity contribution >= 4 is 23.5 Å². The summed E-state index contributed by atoms with van der Waals surface area (Å²) >= 11 is 1.73. The Labute approximate surface area is 157 Å². The lowest BCUT2D eigenvalue weighted by molar-refractivity contribution is 0.214. The fourth-order valence-electron chi connectivity index (χ4n) is 2.86. The van der Waals surface area contributed by atoms with Gasteiger partial charge in [0.05, 0.1) is 21.3 Å². The number of methoxy groups -OCH3 is 3. The van der Waals surface area contributed by atoms with Gasteiger partial charge in [0, 0.05) is 24.1 Å². The minimum atomic E-state index is -0.136. The number of nitrogens with zero attached hydrogens (tertiary/aromatic N) is 1. The van der Waals surface area contributed by atoms with Gasteiger partial charge >= 0.3 is 6.03 Å². The molecule has 26 heavy (non-hydrogen) atoms. The van der Waals surface area contributed by atoms with Gasteiger partial charge in [-0.2, -0.15) is 0 Å². The Kier molecular flexibility index (Phi) is 5.78. The van der Waals surface area contributed by atoms with Gasteiger partial charge in [-0.3, -0.25) is 0 Å². The molecule has 0 bridgehead atoms. The second-order valence-electron chi connectivity index (χ2n) is 5.69. The molecule has 2 aromatic carbocycles. The van der Waals surface area contributed by atoms with E-state index >= 15 is 0 Å². The highest BCUT2D eigenvalue weighted by atomic mass is 32.2. The molecule has 1 atom stereocenters. The van der Waals surface area contributed by atoms with Crippen molar-refractivity contribution in [1.82, 2.24) is 4.90 Å². The zero-order valence-electron chi connectivity index (χ0n) is 15.0. The smallest absolute Gasteiger partial charge is 0.323 e. The third-order valence-electron chi connectivity index (χ3n) is 4.17. The minimum absolute atomic E-state index is 0.0691. The summed E-state index contributed by atoms with van der Waals surface area (Å²) in [6.45, 7) is 0.680. The van der Waals surface area contributed by atoms with E-state index in [1.54, 1.807) is 39.2 Å². The molecule has 138 valence electrons. The van der Waals surface area contributed by atoms with Crippen LogP contribution in [0.1, 0.15) is 10.9 Å². The Morgan fingerprint density at radius 1 is 1.08 bits per heavy atom. The zero-order chi connectivity index (χ0) is 18.5. The van der Waals surface area contributed by atoms with Crippen LogP contribution in [0.15, 0.2) is 42.5 Å². The van der Waals surface area contributed by atoms with E-state index in [-0.39, 0.29) is 11.4 Å². The summed E-state index contributed by atoms with van der Waals surface area (Å²) in [5, 5.41) is 2.88. The number of nitrogens with one attached hydrogen (secondary N) is 1. The van der Waals surface area contributed by atoms with Crippen LogP contribution in [0.3, 0.4) is 0 Å². The third kappa shape index (κ3) is 3.83. The Morgan fingerprint density at radius 3 is 2.62 bits per heavy atom. The van der Waals surface area contributed by atoms with Crippen molar-refractivity contribution < 1.29 is 19.0 Å². The zero-order valence-corrected chi connectivity index (χ0v) is 15.8. The van der Waals surface area contributed by atoms with Crippen LogP contribution in [-0.4, -0.2) is 44.6 Å². The van der Waals surface area contributed by atoms with Crippen molar-refractivity contribution in [3.8, 4) is 17.2 Å². The van der Waals surface area contributed by atoms with E-state index in [1.807, 2.05) is 41.3 Å². The molecule has 0 aliphatic carbocycles. The fraction of sp³-hybridized carbons (Fsp3) is 0.316. The average molecular weight is 374 g/mol. The predicted molar refractivity (Wildman–Crippen MR) is 103 cm³/mol. The summed E-state index contributed by atoms with van der Waals surface area (Å²) in [4.78, 5) is 14.6. The summed E-state index contributed by atoms with van der Waals surface area (Å²) in [6.07, 6.45) is 0. The number of carbonyl (C=O) groups is 1. The first kappa shape index (κ1) is 18.3. The topological polar surface area (TPSA) is 60.0 Å². The molecule has 1 fully saturated rings. The highest BCUT2D eigenvalue weighted by molar-refractivity contribution is 7.99. The second-order valence-corrected chi connectivity index (χ2v) is 6.88. The Hall–Kier alpha value is -2.54. The summed E-state index contributed by atoms with van der Waals surface area (Å²) in [5.41, 5.74) is 1.71. The summed E-state index contributed by atoms with van der Waals surface area (Å²) in [6, 6.07) is 13.0. The SMILES string of the molecule is COc1cccc(NC(=O)N2CCS[C@@H]2c2ccc(OC)c(OC)c2)c1. The number of rotatable bonds is 5. The number of carbonyl (C=O) groups excluding carboxylic acids is 1. The minimum Gasteiger partial charge on any atom is -0.497 e. The molecule has 0 unspecified atom stereocenters. The van der Waals surface area contributed by atoms with Gasteiger partial charge in [-0.25, -0.2) is 4.79 Å². The van der Waals surface area contributed by atoms with Gasteiger partial charge in [0.25, 0.3) is 0 Å². The molecule has 0 saturated carbocycles. The van der Waals surface area contributed by atoms with Crippen LogP contribution in [0, 0.1) is 0 Å². The lowest BCUT2D eigenvalue weighted by Gasteiger charge is -2.25. The highest BCUT2D eigenvalue weighted by Gasteiger charge is 2.31. The molecule has 3 rings (SSSR count). The number of benzene rings is 2. The van der Waals surface area contributed by atoms with Crippen molar-refractivity contribution in [3.63, 3.8) is 0 Å². The molecular formula is C19H22N2O4S. The molecule has 0 aromatic heterocycles. The van der Waals surface area contributed by atoms with Gasteiger partial charge in [0.2, 0.25) is 0 Å². The van der Waals surface area contributed by atoms with Crippen LogP contribution in [0.5, 0.6) is 17.2 Å². The quantitative estimate of drug-likeness (QED) is 0.857. The maximum atomic E-state index is 12.8. The maximum absolute atomic E-state index is 12.8. The van der Waals surface area contributed by atoms with Gasteiger partial charge in [0.15, 0.2) is 11.5 Å². The molecule has 0 radical (unpaired) electrons. The van der Waals surface area contributed by atoms with Crippen molar-refractivity contribution in [1.29, 1.82) is 0 Å². The van der Waals surface area contributed by atoms with E-state index < -0.39 is 0 Å². The highest BCUT2D eigenvalue weighted by Crippen LogP contribution is 2.41. The second kappa shape index (κ2) is 8.23. The van der Waals surface area contributed by atoms with Crippen LogP contribution in [0.25, 0.3) is 0 Å². The molecule has 7 heteroatoms. The van der Waals surface area contributed by atoms with Gasteiger partial charge in [0.1, 0.15) is 11.1 Å². The van der Waals surface area contributed by atoms with E-state index in [0.29, 0.717) is 29.5 Å². The van der Waals surface area contributed by atoms with E-state index in [1.165, 1.54) is 0 Å². The molecule has 1 N–H and O–H groups in total. The summed E-state index contributed by atoms with van der Waals surface area (Å²) in [5.74, 6) is 2.91. The first-order valence-corrected chi connectivity index (χ1v) is 9.26. The normalized spacial score (nSPS) is 16.3. The average Bonchev–Trinajstić information content (AvgIpc) is 3.17. The first-order valence-electron chi connectivity index (χ1n) is 8.21. The van der Waals surface area contributed by atoms with E-state index in [4.69, 9.17) is 14.2 Å². The number of ether oxygens (including phenoxy) is 3. The lowest BCUT2D eigenvalue weighted by atomic mass is 10.2. The van der Waals surface area contributed by atoms with Crippen molar-refractivity contribution in [2.75, 3.05) is 38.9 Å². The predicted octanol–water partition coefficient (Wildman–Crippen LogP) is 3.99. The molecular weight excluding hydrogens is 352 g/mol. The van der Waals surface area contributed by atoms with Crippen molar-refractivity contribution in [2.45, 2.75) is 5.37 Å². The summed E-state index contributed by atoms with van der Waals surface area (Å²) < 4.78 is 15.9. The largest absolute Gasteiger partial charge is 0.497 e. The van der Waals surface area contributed by atoms with E-state index in [2.05, 4.69) is 5.32 Å². The van der Waals surface area contributed by atoms with Gasteiger partial charge in [-0.15, -0.1) is 11.8 Å². The maximum Gasteiger partial charge on any atom is 0.323 e. The number of hydrogen-bond donors (Lipinski definition) is 1. The number of hydrogen-bond acceptors (Lipinski definition) is 5. The monoisotopic (exact) mass is 374 g/mol. The molecule has 0 spiro atoms. The molecule has 6 nitrogen and oxygen atoms in total. The Balaban J connectivity index is 1.78. The molecule has 2 amide bonds. The summed E-state index contributed by atoms with van der Waals surface area (Å²) in [7, 11) is 4.82. The van der Waals surface area contributed by atoms with Gasteiger partial charge in [-0.1, -0.05) is 12.1 Å². The van der Waals surface area contributed by atoms with Crippen LogP contribution >= 0.6 is 11.8 Å². The number of urea groups is 1.